The van der Waals surface area contributed by atoms with Crippen molar-refractivity contribution < 1.29 is 19.5 Å². The van der Waals surface area contributed by atoms with Gasteiger partial charge in [-0.25, -0.2) is 0 Å². The number of morpholine rings is 1. The highest BCUT2D eigenvalue weighted by Gasteiger charge is 2.21. The van der Waals surface area contributed by atoms with E-state index in [1.165, 1.54) is 0 Å². The number of hydrogen-bond acceptors (Lipinski definition) is 5. The topological polar surface area (TPSA) is 97.4 Å². The summed E-state index contributed by atoms with van der Waals surface area (Å²) in [6, 6.07) is 6.66. The number of nitrogens with zero attached hydrogens (tertiary/aromatic N) is 2. The monoisotopic (exact) mass is 293 g/mol. The molecule has 114 valence electrons. The minimum absolute atomic E-state index is 0.0182. The molecular formula is C14H19N3O4. The van der Waals surface area contributed by atoms with Gasteiger partial charge in [0.2, 0.25) is 0 Å². The molecule has 3 N–H and O–H groups in total. The van der Waals surface area contributed by atoms with Crippen molar-refractivity contribution in [1.29, 1.82) is 0 Å². The third-order valence-electron chi connectivity index (χ3n) is 3.21. The van der Waals surface area contributed by atoms with Gasteiger partial charge in [0.1, 0.15) is 5.75 Å². The van der Waals surface area contributed by atoms with Crippen LogP contribution in [-0.4, -0.2) is 54.3 Å². The van der Waals surface area contributed by atoms with E-state index < -0.39 is 0 Å². The number of hydrogen-bond donors (Lipinski definition) is 2. The first-order chi connectivity index (χ1) is 10.1. The zero-order valence-corrected chi connectivity index (χ0v) is 11.9. The number of benzene rings is 1. The van der Waals surface area contributed by atoms with Crippen LogP contribution in [0.1, 0.15) is 12.5 Å². The first-order valence-corrected chi connectivity index (χ1v) is 6.70. The summed E-state index contributed by atoms with van der Waals surface area (Å²) >= 11 is 0. The van der Waals surface area contributed by atoms with Gasteiger partial charge in [-0.3, -0.25) is 4.79 Å². The van der Waals surface area contributed by atoms with Crippen molar-refractivity contribution in [2.75, 3.05) is 26.3 Å². The summed E-state index contributed by atoms with van der Waals surface area (Å²) in [7, 11) is 0. The molecular weight excluding hydrogens is 274 g/mol. The Morgan fingerprint density at radius 1 is 1.52 bits per heavy atom. The van der Waals surface area contributed by atoms with Crippen molar-refractivity contribution in [3.63, 3.8) is 0 Å². The second-order valence-corrected chi connectivity index (χ2v) is 4.82. The largest absolute Gasteiger partial charge is 0.484 e. The zero-order valence-electron chi connectivity index (χ0n) is 11.9. The molecule has 1 aliphatic heterocycles. The lowest BCUT2D eigenvalue weighted by Crippen LogP contribution is -2.46. The van der Waals surface area contributed by atoms with E-state index in [2.05, 4.69) is 5.16 Å². The quantitative estimate of drug-likeness (QED) is 0.362. The lowest BCUT2D eigenvalue weighted by molar-refractivity contribution is -0.140. The number of carbonyl (C=O) groups is 1. The normalized spacial score (nSPS) is 19.4. The Morgan fingerprint density at radius 3 is 2.86 bits per heavy atom. The van der Waals surface area contributed by atoms with Gasteiger partial charge in [0.05, 0.1) is 12.7 Å². The molecule has 0 saturated carbocycles. The molecule has 0 aliphatic carbocycles. The molecule has 0 spiro atoms. The van der Waals surface area contributed by atoms with Crippen LogP contribution in [0, 0.1) is 0 Å². The second-order valence-electron chi connectivity index (χ2n) is 4.82. The fraction of sp³-hybridized carbons (Fsp3) is 0.429. The van der Waals surface area contributed by atoms with Crippen LogP contribution in [0.3, 0.4) is 0 Å². The van der Waals surface area contributed by atoms with Crippen LogP contribution in [0.5, 0.6) is 5.75 Å². The highest BCUT2D eigenvalue weighted by Crippen LogP contribution is 2.13. The van der Waals surface area contributed by atoms with E-state index in [1.54, 1.807) is 29.2 Å². The molecule has 21 heavy (non-hydrogen) atoms. The van der Waals surface area contributed by atoms with Crippen molar-refractivity contribution in [3.8, 4) is 5.75 Å². The van der Waals surface area contributed by atoms with Gasteiger partial charge in [-0.1, -0.05) is 5.16 Å². The number of amidine groups is 1. The first kappa shape index (κ1) is 15.1. The van der Waals surface area contributed by atoms with E-state index in [0.717, 1.165) is 0 Å². The minimum Gasteiger partial charge on any atom is -0.484 e. The Morgan fingerprint density at radius 2 is 2.24 bits per heavy atom. The van der Waals surface area contributed by atoms with Crippen molar-refractivity contribution in [3.05, 3.63) is 29.8 Å². The molecule has 0 aromatic heterocycles. The fourth-order valence-corrected chi connectivity index (χ4v) is 2.06. The van der Waals surface area contributed by atoms with Crippen LogP contribution >= 0.6 is 0 Å². The summed E-state index contributed by atoms with van der Waals surface area (Å²) in [5, 5.41) is 11.5. The van der Waals surface area contributed by atoms with Gasteiger partial charge < -0.3 is 25.3 Å². The molecule has 1 atom stereocenters. The Balaban J connectivity index is 1.86. The summed E-state index contributed by atoms with van der Waals surface area (Å²) < 4.78 is 10.8. The van der Waals surface area contributed by atoms with Gasteiger partial charge in [-0.15, -0.1) is 0 Å². The van der Waals surface area contributed by atoms with Gasteiger partial charge in [0.15, 0.2) is 12.4 Å². The lowest BCUT2D eigenvalue weighted by Gasteiger charge is -2.31. The SMILES string of the molecule is CC1CN(C(=O)COc2ccc(/C(N)=N/O)cc2)CCO1. The zero-order chi connectivity index (χ0) is 15.2. The summed E-state index contributed by atoms with van der Waals surface area (Å²) in [4.78, 5) is 13.7. The molecule has 1 aliphatic rings. The van der Waals surface area contributed by atoms with E-state index in [1.807, 2.05) is 6.92 Å². The Hall–Kier alpha value is -2.28. The molecule has 0 radical (unpaired) electrons. The summed E-state index contributed by atoms with van der Waals surface area (Å²) in [5.74, 6) is 0.518. The smallest absolute Gasteiger partial charge is 0.260 e. The van der Waals surface area contributed by atoms with Crippen LogP contribution in [0.25, 0.3) is 0 Å². The van der Waals surface area contributed by atoms with Crippen molar-refractivity contribution in [2.45, 2.75) is 13.0 Å². The average Bonchev–Trinajstić information content (AvgIpc) is 2.52. The third-order valence-corrected chi connectivity index (χ3v) is 3.21. The first-order valence-electron chi connectivity index (χ1n) is 6.70. The van der Waals surface area contributed by atoms with Crippen LogP contribution in [0.4, 0.5) is 0 Å². The van der Waals surface area contributed by atoms with E-state index in [9.17, 15) is 4.79 Å². The average molecular weight is 293 g/mol. The predicted molar refractivity (Wildman–Crippen MR) is 76.4 cm³/mol. The highest BCUT2D eigenvalue weighted by molar-refractivity contribution is 5.97. The lowest BCUT2D eigenvalue weighted by atomic mass is 10.2. The summed E-state index contributed by atoms with van der Waals surface area (Å²) in [6.45, 7) is 3.66. The molecule has 1 amide bonds. The van der Waals surface area contributed by atoms with Crippen LogP contribution in [0.15, 0.2) is 29.4 Å². The Labute approximate surface area is 122 Å². The number of ether oxygens (including phenoxy) is 2. The minimum atomic E-state index is -0.0642. The third kappa shape index (κ3) is 4.09. The van der Waals surface area contributed by atoms with Crippen molar-refractivity contribution in [2.24, 2.45) is 10.9 Å². The molecule has 7 nitrogen and oxygen atoms in total. The van der Waals surface area contributed by atoms with Crippen LogP contribution in [-0.2, 0) is 9.53 Å². The van der Waals surface area contributed by atoms with E-state index >= 15 is 0 Å². The number of nitrogens with two attached hydrogens (primary N) is 1. The van der Waals surface area contributed by atoms with Crippen LogP contribution < -0.4 is 10.5 Å². The van der Waals surface area contributed by atoms with Gasteiger partial charge in [-0.05, 0) is 31.2 Å². The molecule has 1 heterocycles. The van der Waals surface area contributed by atoms with Crippen molar-refractivity contribution >= 4 is 11.7 Å². The summed E-state index contributed by atoms with van der Waals surface area (Å²) in [5.41, 5.74) is 6.05. The van der Waals surface area contributed by atoms with Gasteiger partial charge in [0, 0.05) is 18.7 Å². The molecule has 1 unspecified atom stereocenters. The maximum Gasteiger partial charge on any atom is 0.260 e. The van der Waals surface area contributed by atoms with Gasteiger partial charge in [-0.2, -0.15) is 0 Å². The number of carbonyl (C=O) groups excluding carboxylic acids is 1. The molecule has 1 aromatic carbocycles. The molecule has 0 bridgehead atoms. The van der Waals surface area contributed by atoms with E-state index in [-0.39, 0.29) is 24.5 Å². The molecule has 7 heteroatoms. The Bertz CT molecular complexity index is 515. The van der Waals surface area contributed by atoms with E-state index in [4.69, 9.17) is 20.4 Å². The molecule has 2 rings (SSSR count). The van der Waals surface area contributed by atoms with Crippen molar-refractivity contribution in [1.82, 2.24) is 4.90 Å². The fourth-order valence-electron chi connectivity index (χ4n) is 2.06. The second kappa shape index (κ2) is 6.94. The van der Waals surface area contributed by atoms with Gasteiger partial charge in [0.25, 0.3) is 5.91 Å². The Kier molecular flexibility index (Phi) is 4.99. The molecule has 1 aromatic rings. The number of amides is 1. The number of rotatable bonds is 4. The standard InChI is InChI=1S/C14H19N3O4/c1-10-8-17(6-7-20-10)13(18)9-21-12-4-2-11(3-5-12)14(15)16-19/h2-5,10,19H,6-9H2,1H3,(H2,15,16). The highest BCUT2D eigenvalue weighted by atomic mass is 16.5. The molecule has 1 fully saturated rings. The maximum atomic E-state index is 12.0. The number of oxime groups is 1. The summed E-state index contributed by atoms with van der Waals surface area (Å²) in [6.07, 6.45) is 0.0581. The van der Waals surface area contributed by atoms with E-state index in [0.29, 0.717) is 31.0 Å². The van der Waals surface area contributed by atoms with Gasteiger partial charge >= 0.3 is 0 Å². The molecule has 1 saturated heterocycles. The predicted octanol–water partition coefficient (Wildman–Crippen LogP) is 0.407. The van der Waals surface area contributed by atoms with Crippen LogP contribution in [0.2, 0.25) is 0 Å². The maximum absolute atomic E-state index is 12.0.